The first kappa shape index (κ1) is 22.7. The number of carbonyl (C=O) groups excluding carboxylic acids is 4. The van der Waals surface area contributed by atoms with Gasteiger partial charge in [0, 0.05) is 12.1 Å². The zero-order valence-corrected chi connectivity index (χ0v) is 17.5. The van der Waals surface area contributed by atoms with Crippen LogP contribution in [-0.2, 0) is 14.3 Å². The minimum absolute atomic E-state index is 0.0264. The van der Waals surface area contributed by atoms with Crippen LogP contribution in [0.25, 0.3) is 6.08 Å². The standard InChI is InChI=1S/C21H16N2O8S/c1-2-30-18(24)12-22-19(25)17(32-21(22)27)10-13-6-8-16(9-7-13)31-20(26)14-4-3-5-15(11-14)23(28)29/h3-11H,2,12H2,1H3/b17-10-. The summed E-state index contributed by atoms with van der Waals surface area (Å²) in [6.07, 6.45) is 1.47. The van der Waals surface area contributed by atoms with Gasteiger partial charge in [-0.1, -0.05) is 18.2 Å². The third kappa shape index (κ3) is 5.38. The van der Waals surface area contributed by atoms with Gasteiger partial charge in [0.1, 0.15) is 12.3 Å². The Kier molecular flexibility index (Phi) is 7.00. The van der Waals surface area contributed by atoms with E-state index in [9.17, 15) is 29.3 Å². The summed E-state index contributed by atoms with van der Waals surface area (Å²) in [6, 6.07) is 11.2. The van der Waals surface area contributed by atoms with Crippen LogP contribution in [0.4, 0.5) is 10.5 Å². The molecule has 0 aliphatic carbocycles. The topological polar surface area (TPSA) is 133 Å². The van der Waals surface area contributed by atoms with E-state index in [-0.39, 0.29) is 28.5 Å². The van der Waals surface area contributed by atoms with Crippen molar-refractivity contribution in [3.05, 3.63) is 74.7 Å². The normalized spacial score (nSPS) is 14.5. The number of ether oxygens (including phenoxy) is 2. The number of hydrogen-bond donors (Lipinski definition) is 0. The average molecular weight is 456 g/mol. The van der Waals surface area contributed by atoms with Gasteiger partial charge in [-0.05, 0) is 48.5 Å². The minimum Gasteiger partial charge on any atom is -0.465 e. The number of nitro groups is 1. The summed E-state index contributed by atoms with van der Waals surface area (Å²) in [7, 11) is 0. The van der Waals surface area contributed by atoms with Crippen LogP contribution >= 0.6 is 11.8 Å². The van der Waals surface area contributed by atoms with Crippen molar-refractivity contribution in [1.29, 1.82) is 0 Å². The highest BCUT2D eigenvalue weighted by atomic mass is 32.2. The number of nitrogens with zero attached hydrogens (tertiary/aromatic N) is 2. The Hall–Kier alpha value is -3.99. The molecule has 0 atom stereocenters. The maximum atomic E-state index is 12.4. The Balaban J connectivity index is 1.67. The van der Waals surface area contributed by atoms with E-state index in [1.165, 1.54) is 36.4 Å². The number of non-ortho nitro benzene ring substituents is 1. The number of esters is 2. The number of thioether (sulfide) groups is 1. The van der Waals surface area contributed by atoms with E-state index in [0.717, 1.165) is 11.0 Å². The zero-order chi connectivity index (χ0) is 23.3. The Morgan fingerprint density at radius 1 is 1.16 bits per heavy atom. The predicted octanol–water partition coefficient (Wildman–Crippen LogP) is 3.41. The Labute approximate surface area is 185 Å². The largest absolute Gasteiger partial charge is 0.465 e. The van der Waals surface area contributed by atoms with E-state index >= 15 is 0 Å². The van der Waals surface area contributed by atoms with Crippen LogP contribution in [0.15, 0.2) is 53.4 Å². The number of nitro benzene ring substituents is 1. The summed E-state index contributed by atoms with van der Waals surface area (Å²) >= 11 is 0.703. The molecule has 2 amide bonds. The van der Waals surface area contributed by atoms with Crippen molar-refractivity contribution in [1.82, 2.24) is 4.90 Å². The zero-order valence-electron chi connectivity index (χ0n) is 16.7. The first-order valence-electron chi connectivity index (χ1n) is 9.26. The summed E-state index contributed by atoms with van der Waals surface area (Å²) < 4.78 is 9.97. The molecule has 3 rings (SSSR count). The molecule has 0 radical (unpaired) electrons. The SMILES string of the molecule is CCOC(=O)CN1C(=O)S/C(=C\c2ccc(OC(=O)c3cccc([N+](=O)[O-])c3)cc2)C1=O. The van der Waals surface area contributed by atoms with E-state index in [0.29, 0.717) is 17.3 Å². The lowest BCUT2D eigenvalue weighted by Gasteiger charge is -2.10. The molecule has 10 nitrogen and oxygen atoms in total. The minimum atomic E-state index is -0.762. The number of amides is 2. The molecule has 0 N–H and O–H groups in total. The van der Waals surface area contributed by atoms with Gasteiger partial charge in [0.25, 0.3) is 16.8 Å². The molecule has 2 aromatic rings. The van der Waals surface area contributed by atoms with Gasteiger partial charge in [0.2, 0.25) is 0 Å². The van der Waals surface area contributed by atoms with Crippen molar-refractivity contribution in [2.24, 2.45) is 0 Å². The second kappa shape index (κ2) is 9.88. The molecule has 1 aliphatic heterocycles. The summed E-state index contributed by atoms with van der Waals surface area (Å²) in [5.74, 6) is -1.85. The van der Waals surface area contributed by atoms with Crippen molar-refractivity contribution in [3.8, 4) is 5.75 Å². The van der Waals surface area contributed by atoms with Gasteiger partial charge < -0.3 is 9.47 Å². The molecule has 0 aromatic heterocycles. The fraction of sp³-hybridized carbons (Fsp3) is 0.143. The molecular weight excluding hydrogens is 440 g/mol. The Morgan fingerprint density at radius 2 is 1.88 bits per heavy atom. The van der Waals surface area contributed by atoms with E-state index in [2.05, 4.69) is 0 Å². The summed E-state index contributed by atoms with van der Waals surface area (Å²) in [5, 5.41) is 10.3. The number of carbonyl (C=O) groups is 4. The predicted molar refractivity (Wildman–Crippen MR) is 114 cm³/mol. The fourth-order valence-corrected chi connectivity index (χ4v) is 3.51. The van der Waals surface area contributed by atoms with Crippen molar-refractivity contribution in [3.63, 3.8) is 0 Å². The quantitative estimate of drug-likeness (QED) is 0.202. The van der Waals surface area contributed by atoms with Crippen LogP contribution in [0.5, 0.6) is 5.75 Å². The third-order valence-electron chi connectivity index (χ3n) is 4.15. The van der Waals surface area contributed by atoms with Crippen molar-refractivity contribution >= 4 is 46.6 Å². The molecule has 1 fully saturated rings. The van der Waals surface area contributed by atoms with Crippen LogP contribution in [0.2, 0.25) is 0 Å². The maximum Gasteiger partial charge on any atom is 0.343 e. The van der Waals surface area contributed by atoms with Crippen LogP contribution in [0, 0.1) is 10.1 Å². The third-order valence-corrected chi connectivity index (χ3v) is 5.05. The van der Waals surface area contributed by atoms with Gasteiger partial charge in [-0.2, -0.15) is 0 Å². The lowest BCUT2D eigenvalue weighted by Crippen LogP contribution is -2.34. The number of hydrogen-bond acceptors (Lipinski definition) is 9. The van der Waals surface area contributed by atoms with E-state index in [1.54, 1.807) is 19.1 Å². The first-order chi connectivity index (χ1) is 15.3. The molecule has 32 heavy (non-hydrogen) atoms. The molecule has 2 aromatic carbocycles. The van der Waals surface area contributed by atoms with Gasteiger partial charge in [-0.15, -0.1) is 0 Å². The molecule has 0 saturated carbocycles. The molecule has 164 valence electrons. The molecule has 1 aliphatic rings. The van der Waals surface area contributed by atoms with Gasteiger partial charge in [0.05, 0.1) is 22.0 Å². The molecule has 0 bridgehead atoms. The summed E-state index contributed by atoms with van der Waals surface area (Å²) in [5.41, 5.74) is 0.354. The van der Waals surface area contributed by atoms with Crippen molar-refractivity contribution in [2.75, 3.05) is 13.2 Å². The molecule has 0 unspecified atom stereocenters. The second-order valence-electron chi connectivity index (χ2n) is 6.34. The smallest absolute Gasteiger partial charge is 0.343 e. The van der Waals surface area contributed by atoms with Crippen LogP contribution in [-0.4, -0.2) is 46.1 Å². The van der Waals surface area contributed by atoms with E-state index in [1.807, 2.05) is 0 Å². The summed E-state index contributed by atoms with van der Waals surface area (Å²) in [4.78, 5) is 59.4. The Morgan fingerprint density at radius 3 is 2.53 bits per heavy atom. The van der Waals surface area contributed by atoms with Crippen molar-refractivity contribution in [2.45, 2.75) is 6.92 Å². The maximum absolute atomic E-state index is 12.4. The van der Waals surface area contributed by atoms with Gasteiger partial charge in [0.15, 0.2) is 0 Å². The molecular formula is C21H16N2O8S. The molecule has 11 heteroatoms. The average Bonchev–Trinajstić information content (AvgIpc) is 3.02. The van der Waals surface area contributed by atoms with Gasteiger partial charge in [-0.25, -0.2) is 4.79 Å². The van der Waals surface area contributed by atoms with E-state index < -0.39 is 34.6 Å². The number of benzene rings is 2. The number of imide groups is 1. The van der Waals surface area contributed by atoms with Gasteiger partial charge >= 0.3 is 11.9 Å². The lowest BCUT2D eigenvalue weighted by molar-refractivity contribution is -0.384. The van der Waals surface area contributed by atoms with Crippen LogP contribution < -0.4 is 4.74 Å². The highest BCUT2D eigenvalue weighted by Gasteiger charge is 2.36. The van der Waals surface area contributed by atoms with Crippen LogP contribution in [0.3, 0.4) is 0 Å². The van der Waals surface area contributed by atoms with Crippen molar-refractivity contribution < 1.29 is 33.6 Å². The Bertz CT molecular complexity index is 1130. The van der Waals surface area contributed by atoms with Gasteiger partial charge in [-0.3, -0.25) is 29.4 Å². The highest BCUT2D eigenvalue weighted by Crippen LogP contribution is 2.32. The van der Waals surface area contributed by atoms with Crippen LogP contribution in [0.1, 0.15) is 22.8 Å². The van der Waals surface area contributed by atoms with E-state index in [4.69, 9.17) is 9.47 Å². The highest BCUT2D eigenvalue weighted by molar-refractivity contribution is 8.18. The second-order valence-corrected chi connectivity index (χ2v) is 7.33. The lowest BCUT2D eigenvalue weighted by atomic mass is 10.2. The first-order valence-corrected chi connectivity index (χ1v) is 10.1. The molecule has 0 spiro atoms. The number of rotatable bonds is 7. The molecule has 1 heterocycles. The summed E-state index contributed by atoms with van der Waals surface area (Å²) in [6.45, 7) is 1.31. The molecule has 1 saturated heterocycles. The fourth-order valence-electron chi connectivity index (χ4n) is 2.67. The monoisotopic (exact) mass is 456 g/mol.